The normalized spacial score (nSPS) is 26.9. The van der Waals surface area contributed by atoms with Crippen molar-refractivity contribution >= 4 is 0 Å². The van der Waals surface area contributed by atoms with Gasteiger partial charge < -0.3 is 29.2 Å². The third-order valence-corrected chi connectivity index (χ3v) is 4.75. The molecule has 0 saturated carbocycles. The third-order valence-electron chi connectivity index (χ3n) is 4.75. The summed E-state index contributed by atoms with van der Waals surface area (Å²) in [5.41, 5.74) is 1.95. The maximum atomic E-state index is 10.8. The monoisotopic (exact) mass is 400 g/mol. The number of hydrogen-bond donors (Lipinski definition) is 2. The second-order valence-corrected chi connectivity index (χ2v) is 6.86. The van der Waals surface area contributed by atoms with Gasteiger partial charge in [0.25, 0.3) is 0 Å². The molecule has 29 heavy (non-hydrogen) atoms. The van der Waals surface area contributed by atoms with Crippen LogP contribution in [-0.4, -0.2) is 54.1 Å². The predicted octanol–water partition coefficient (Wildman–Crippen LogP) is 2.44. The first kappa shape index (κ1) is 21.6. The summed E-state index contributed by atoms with van der Waals surface area (Å²) in [5.74, 6) is 0. The van der Waals surface area contributed by atoms with Gasteiger partial charge in [-0.3, -0.25) is 0 Å². The zero-order chi connectivity index (χ0) is 20.5. The van der Waals surface area contributed by atoms with Crippen molar-refractivity contribution in [3.63, 3.8) is 0 Å². The summed E-state index contributed by atoms with van der Waals surface area (Å²) < 4.78 is 23.6. The average molecular weight is 400 g/mol. The van der Waals surface area contributed by atoms with Crippen LogP contribution in [0.1, 0.15) is 11.1 Å². The number of aliphatic hydroxyl groups is 2. The second kappa shape index (κ2) is 11.2. The Bertz CT molecular complexity index is 723. The third kappa shape index (κ3) is 5.96. The summed E-state index contributed by atoms with van der Waals surface area (Å²) >= 11 is 0. The van der Waals surface area contributed by atoms with Crippen molar-refractivity contribution in [3.8, 4) is 0 Å². The Kier molecular flexibility index (Phi) is 8.37. The maximum Gasteiger partial charge on any atom is 0.187 e. The average Bonchev–Trinajstić information content (AvgIpc) is 2.77. The van der Waals surface area contributed by atoms with E-state index in [4.69, 9.17) is 18.9 Å². The van der Waals surface area contributed by atoms with Gasteiger partial charge in [0.2, 0.25) is 0 Å². The Morgan fingerprint density at radius 3 is 1.93 bits per heavy atom. The van der Waals surface area contributed by atoms with E-state index in [1.54, 1.807) is 6.08 Å². The fourth-order valence-corrected chi connectivity index (χ4v) is 3.24. The predicted molar refractivity (Wildman–Crippen MR) is 108 cm³/mol. The van der Waals surface area contributed by atoms with Crippen LogP contribution < -0.4 is 0 Å². The Balaban J connectivity index is 1.77. The molecule has 6 nitrogen and oxygen atoms in total. The summed E-state index contributed by atoms with van der Waals surface area (Å²) in [5, 5.41) is 20.4. The molecule has 2 N–H and O–H groups in total. The molecule has 1 saturated heterocycles. The highest BCUT2D eigenvalue weighted by Crippen LogP contribution is 2.28. The highest BCUT2D eigenvalue weighted by molar-refractivity contribution is 5.14. The topological polar surface area (TPSA) is 77.4 Å². The van der Waals surface area contributed by atoms with Crippen molar-refractivity contribution in [2.75, 3.05) is 13.2 Å². The van der Waals surface area contributed by atoms with Crippen LogP contribution >= 0.6 is 0 Å². The summed E-state index contributed by atoms with van der Waals surface area (Å²) in [6.45, 7) is 4.15. The molecule has 1 aliphatic heterocycles. The van der Waals surface area contributed by atoms with Gasteiger partial charge in [-0.05, 0) is 11.1 Å². The van der Waals surface area contributed by atoms with Gasteiger partial charge in [0.05, 0.1) is 26.4 Å². The Morgan fingerprint density at radius 1 is 0.862 bits per heavy atom. The van der Waals surface area contributed by atoms with Crippen LogP contribution in [0.25, 0.3) is 0 Å². The van der Waals surface area contributed by atoms with Crippen LogP contribution in [0.4, 0.5) is 0 Å². The van der Waals surface area contributed by atoms with Crippen molar-refractivity contribution in [3.05, 3.63) is 84.4 Å². The van der Waals surface area contributed by atoms with Crippen molar-refractivity contribution in [1.29, 1.82) is 0 Å². The zero-order valence-electron chi connectivity index (χ0n) is 16.3. The molecule has 2 aromatic carbocycles. The summed E-state index contributed by atoms with van der Waals surface area (Å²) in [4.78, 5) is 0. The van der Waals surface area contributed by atoms with Crippen LogP contribution in [0.15, 0.2) is 73.3 Å². The fraction of sp³-hybridized carbons (Fsp3) is 0.391. The van der Waals surface area contributed by atoms with Crippen LogP contribution in [0.3, 0.4) is 0 Å². The molecular formula is C23H28O6. The molecule has 3 rings (SSSR count). The van der Waals surface area contributed by atoms with E-state index in [0.717, 1.165) is 11.1 Å². The standard InChI is InChI=1S/C23H28O6/c1-2-13-26-23-22(28-16-18-11-7-4-8-12-18)21(20(25)19(14-24)29-23)27-15-17-9-5-3-6-10-17/h2-12,19-25H,1,13-16H2/t19-,20-,21+,22+,23+/m1/s1. The molecule has 5 atom stereocenters. The van der Waals surface area contributed by atoms with Gasteiger partial charge in [0.1, 0.15) is 24.4 Å². The number of aliphatic hydroxyl groups excluding tert-OH is 2. The van der Waals surface area contributed by atoms with Gasteiger partial charge in [-0.15, -0.1) is 6.58 Å². The molecule has 0 unspecified atom stereocenters. The molecule has 0 aromatic heterocycles. The largest absolute Gasteiger partial charge is 0.394 e. The lowest BCUT2D eigenvalue weighted by Gasteiger charge is -2.43. The van der Waals surface area contributed by atoms with E-state index < -0.39 is 30.7 Å². The van der Waals surface area contributed by atoms with Crippen LogP contribution in [-0.2, 0) is 32.2 Å². The molecule has 0 amide bonds. The van der Waals surface area contributed by atoms with Gasteiger partial charge >= 0.3 is 0 Å². The number of rotatable bonds is 10. The molecule has 0 aliphatic carbocycles. The van der Waals surface area contributed by atoms with E-state index in [1.807, 2.05) is 60.7 Å². The van der Waals surface area contributed by atoms with Gasteiger partial charge in [-0.1, -0.05) is 66.7 Å². The SMILES string of the molecule is C=CCO[C@H]1O[C@H](CO)[C@@H](O)[C@H](OCc2ccccc2)[C@@H]1OCc1ccccc1. The van der Waals surface area contributed by atoms with Crippen molar-refractivity contribution in [1.82, 2.24) is 0 Å². The van der Waals surface area contributed by atoms with Gasteiger partial charge in [-0.2, -0.15) is 0 Å². The number of hydrogen-bond acceptors (Lipinski definition) is 6. The summed E-state index contributed by atoms with van der Waals surface area (Å²) in [7, 11) is 0. The smallest absolute Gasteiger partial charge is 0.187 e. The summed E-state index contributed by atoms with van der Waals surface area (Å²) in [6.07, 6.45) is -2.51. The van der Waals surface area contributed by atoms with E-state index in [1.165, 1.54) is 0 Å². The first-order valence-electron chi connectivity index (χ1n) is 9.71. The van der Waals surface area contributed by atoms with E-state index >= 15 is 0 Å². The van der Waals surface area contributed by atoms with Gasteiger partial charge in [0.15, 0.2) is 6.29 Å². The minimum absolute atomic E-state index is 0.246. The van der Waals surface area contributed by atoms with E-state index in [9.17, 15) is 10.2 Å². The van der Waals surface area contributed by atoms with Crippen molar-refractivity contribution < 1.29 is 29.2 Å². The lowest BCUT2D eigenvalue weighted by molar-refractivity contribution is -0.317. The highest BCUT2D eigenvalue weighted by atomic mass is 16.7. The van der Waals surface area contributed by atoms with Crippen LogP contribution in [0.2, 0.25) is 0 Å². The molecule has 0 radical (unpaired) electrons. The fourth-order valence-electron chi connectivity index (χ4n) is 3.24. The number of benzene rings is 2. The Morgan fingerprint density at radius 2 is 1.41 bits per heavy atom. The minimum Gasteiger partial charge on any atom is -0.394 e. The number of ether oxygens (including phenoxy) is 4. The second-order valence-electron chi connectivity index (χ2n) is 6.86. The highest BCUT2D eigenvalue weighted by Gasteiger charge is 2.47. The molecule has 0 spiro atoms. The molecule has 0 bridgehead atoms. The molecule has 1 heterocycles. The first-order chi connectivity index (χ1) is 14.2. The Hall–Kier alpha value is -2.06. The van der Waals surface area contributed by atoms with Crippen molar-refractivity contribution in [2.45, 2.75) is 43.9 Å². The van der Waals surface area contributed by atoms with Gasteiger partial charge in [-0.25, -0.2) is 0 Å². The zero-order valence-corrected chi connectivity index (χ0v) is 16.3. The molecule has 6 heteroatoms. The van der Waals surface area contributed by atoms with E-state index in [-0.39, 0.29) is 13.2 Å². The molecule has 156 valence electrons. The van der Waals surface area contributed by atoms with Crippen LogP contribution in [0.5, 0.6) is 0 Å². The minimum atomic E-state index is -1.06. The molecule has 1 fully saturated rings. The maximum absolute atomic E-state index is 10.8. The van der Waals surface area contributed by atoms with E-state index in [2.05, 4.69) is 6.58 Å². The molecular weight excluding hydrogens is 372 g/mol. The Labute approximate surface area is 171 Å². The lowest BCUT2D eigenvalue weighted by atomic mass is 9.98. The van der Waals surface area contributed by atoms with Crippen molar-refractivity contribution in [2.24, 2.45) is 0 Å². The van der Waals surface area contributed by atoms with E-state index in [0.29, 0.717) is 13.2 Å². The first-order valence-corrected chi connectivity index (χ1v) is 9.71. The van der Waals surface area contributed by atoms with Crippen LogP contribution in [0, 0.1) is 0 Å². The molecule has 2 aromatic rings. The lowest BCUT2D eigenvalue weighted by Crippen LogP contribution is -2.60. The quantitative estimate of drug-likeness (QED) is 0.597. The molecule has 1 aliphatic rings. The van der Waals surface area contributed by atoms with Gasteiger partial charge in [0, 0.05) is 0 Å². The summed E-state index contributed by atoms with van der Waals surface area (Å²) in [6, 6.07) is 19.4.